The fraction of sp³-hybridized carbons (Fsp3) is 0.158. The molecular weight excluding hydrogens is 310 g/mol. The van der Waals surface area contributed by atoms with Gasteiger partial charge < -0.3 is 4.74 Å². The van der Waals surface area contributed by atoms with Crippen molar-refractivity contribution in [2.45, 2.75) is 19.8 Å². The van der Waals surface area contributed by atoms with Crippen molar-refractivity contribution in [2.24, 2.45) is 4.99 Å². The molecular formula is C19H16ClNO2. The van der Waals surface area contributed by atoms with Gasteiger partial charge in [-0.3, -0.25) is 0 Å². The third-order valence-corrected chi connectivity index (χ3v) is 3.96. The summed E-state index contributed by atoms with van der Waals surface area (Å²) in [7, 11) is 0. The minimum Gasteiger partial charge on any atom is -0.402 e. The molecule has 3 rings (SSSR count). The quantitative estimate of drug-likeness (QED) is 0.600. The van der Waals surface area contributed by atoms with Gasteiger partial charge in [-0.2, -0.15) is 0 Å². The molecule has 0 unspecified atom stereocenters. The summed E-state index contributed by atoms with van der Waals surface area (Å²) in [6.07, 6.45) is 1.72. The molecule has 1 aliphatic rings. The Morgan fingerprint density at radius 3 is 2.43 bits per heavy atom. The van der Waals surface area contributed by atoms with Gasteiger partial charge in [-0.05, 0) is 35.3 Å². The summed E-state index contributed by atoms with van der Waals surface area (Å²) < 4.78 is 5.23. The second-order valence-corrected chi connectivity index (χ2v) is 6.04. The highest BCUT2D eigenvalue weighted by molar-refractivity contribution is 6.34. The van der Waals surface area contributed by atoms with Crippen molar-refractivity contribution in [2.75, 3.05) is 0 Å². The summed E-state index contributed by atoms with van der Waals surface area (Å²) in [5.41, 5.74) is 3.05. The first-order valence-corrected chi connectivity index (χ1v) is 7.80. The number of carbonyl (C=O) groups is 1. The molecule has 0 N–H and O–H groups in total. The van der Waals surface area contributed by atoms with E-state index in [2.05, 4.69) is 31.0 Å². The normalized spacial score (nSPS) is 15.9. The first-order valence-electron chi connectivity index (χ1n) is 7.42. The molecule has 0 radical (unpaired) electrons. The van der Waals surface area contributed by atoms with Gasteiger partial charge in [0.15, 0.2) is 5.70 Å². The molecule has 2 aromatic rings. The topological polar surface area (TPSA) is 38.7 Å². The smallest absolute Gasteiger partial charge is 0.363 e. The molecule has 0 atom stereocenters. The van der Waals surface area contributed by atoms with Gasteiger partial charge >= 0.3 is 5.97 Å². The van der Waals surface area contributed by atoms with Crippen LogP contribution in [0.15, 0.2) is 59.2 Å². The van der Waals surface area contributed by atoms with E-state index in [9.17, 15) is 4.79 Å². The number of nitrogens with zero attached hydrogens (tertiary/aromatic N) is 1. The molecule has 0 spiro atoms. The van der Waals surface area contributed by atoms with Gasteiger partial charge in [-0.15, -0.1) is 0 Å². The van der Waals surface area contributed by atoms with Crippen LogP contribution in [0.25, 0.3) is 6.08 Å². The van der Waals surface area contributed by atoms with Crippen molar-refractivity contribution in [3.63, 3.8) is 0 Å². The van der Waals surface area contributed by atoms with Crippen molar-refractivity contribution >= 4 is 29.5 Å². The highest BCUT2D eigenvalue weighted by Crippen LogP contribution is 2.24. The summed E-state index contributed by atoms with van der Waals surface area (Å²) in [4.78, 5) is 16.3. The van der Waals surface area contributed by atoms with Crippen LogP contribution in [0.2, 0.25) is 5.02 Å². The van der Waals surface area contributed by atoms with E-state index in [1.807, 2.05) is 24.3 Å². The molecule has 0 aromatic heterocycles. The Bertz CT molecular complexity index is 804. The van der Waals surface area contributed by atoms with Gasteiger partial charge in [0.2, 0.25) is 5.90 Å². The third-order valence-electron chi connectivity index (χ3n) is 3.63. The number of hydrogen-bond donors (Lipinski definition) is 0. The summed E-state index contributed by atoms with van der Waals surface area (Å²) in [5, 5.41) is 0.501. The van der Waals surface area contributed by atoms with E-state index >= 15 is 0 Å². The average Bonchev–Trinajstić information content (AvgIpc) is 2.89. The molecule has 4 heteroatoms. The number of hydrogen-bond acceptors (Lipinski definition) is 3. The van der Waals surface area contributed by atoms with Crippen LogP contribution in [-0.2, 0) is 9.53 Å². The maximum atomic E-state index is 12.0. The minimum atomic E-state index is -0.465. The predicted octanol–water partition coefficient (Wildman–Crippen LogP) is 4.81. The Kier molecular flexibility index (Phi) is 4.30. The maximum absolute atomic E-state index is 12.0. The van der Waals surface area contributed by atoms with Gasteiger partial charge in [-0.25, -0.2) is 9.79 Å². The van der Waals surface area contributed by atoms with Gasteiger partial charge in [0, 0.05) is 0 Å². The molecule has 1 heterocycles. The number of halogens is 1. The van der Waals surface area contributed by atoms with Crippen LogP contribution in [-0.4, -0.2) is 11.9 Å². The van der Waals surface area contributed by atoms with E-state index in [1.54, 1.807) is 18.2 Å². The number of aliphatic imine (C=N–C) groups is 1. The summed E-state index contributed by atoms with van der Waals surface area (Å²) in [6, 6.07) is 15.2. The second kappa shape index (κ2) is 6.39. The molecule has 0 bridgehead atoms. The second-order valence-electron chi connectivity index (χ2n) is 5.64. The Labute approximate surface area is 140 Å². The molecule has 1 aliphatic heterocycles. The molecule has 0 saturated heterocycles. The molecule has 0 aliphatic carbocycles. The monoisotopic (exact) mass is 325 g/mol. The lowest BCUT2D eigenvalue weighted by atomic mass is 10.0. The standard InChI is InChI=1S/C19H16ClNO2/c1-12(2)14-9-7-13(8-10-14)11-17-19(22)23-18(21-17)15-5-3-4-6-16(15)20/h3-12H,1-2H3/b17-11-. The molecule has 3 nitrogen and oxygen atoms in total. The lowest BCUT2D eigenvalue weighted by molar-refractivity contribution is -0.129. The van der Waals surface area contributed by atoms with Crippen LogP contribution in [0, 0.1) is 0 Å². The zero-order valence-electron chi connectivity index (χ0n) is 12.9. The molecule has 0 fully saturated rings. The molecule has 0 saturated carbocycles. The van der Waals surface area contributed by atoms with Crippen LogP contribution in [0.5, 0.6) is 0 Å². The van der Waals surface area contributed by atoms with Crippen LogP contribution in [0.4, 0.5) is 0 Å². The Morgan fingerprint density at radius 1 is 1.09 bits per heavy atom. The molecule has 2 aromatic carbocycles. The number of benzene rings is 2. The van der Waals surface area contributed by atoms with Crippen molar-refractivity contribution in [1.29, 1.82) is 0 Å². The van der Waals surface area contributed by atoms with E-state index < -0.39 is 5.97 Å². The van der Waals surface area contributed by atoms with Gasteiger partial charge in [-0.1, -0.05) is 61.8 Å². The van der Waals surface area contributed by atoms with Crippen molar-refractivity contribution in [3.8, 4) is 0 Å². The van der Waals surface area contributed by atoms with Crippen molar-refractivity contribution < 1.29 is 9.53 Å². The van der Waals surface area contributed by atoms with Gasteiger partial charge in [0.1, 0.15) is 0 Å². The van der Waals surface area contributed by atoms with Crippen LogP contribution < -0.4 is 0 Å². The number of carbonyl (C=O) groups excluding carboxylic acids is 1. The first-order chi connectivity index (χ1) is 11.0. The maximum Gasteiger partial charge on any atom is 0.363 e. The largest absolute Gasteiger partial charge is 0.402 e. The van der Waals surface area contributed by atoms with E-state index in [0.717, 1.165) is 5.56 Å². The number of rotatable bonds is 3. The van der Waals surface area contributed by atoms with E-state index in [-0.39, 0.29) is 11.6 Å². The van der Waals surface area contributed by atoms with E-state index in [1.165, 1.54) is 5.56 Å². The molecule has 116 valence electrons. The Morgan fingerprint density at radius 2 is 1.78 bits per heavy atom. The lowest BCUT2D eigenvalue weighted by Gasteiger charge is -2.04. The fourth-order valence-corrected chi connectivity index (χ4v) is 2.51. The number of esters is 1. The van der Waals surface area contributed by atoms with Crippen LogP contribution >= 0.6 is 11.6 Å². The molecule has 23 heavy (non-hydrogen) atoms. The first kappa shape index (κ1) is 15.5. The summed E-state index contributed by atoms with van der Waals surface area (Å²) in [5.74, 6) is 0.247. The summed E-state index contributed by atoms with van der Waals surface area (Å²) in [6.45, 7) is 4.28. The minimum absolute atomic E-state index is 0.241. The summed E-state index contributed by atoms with van der Waals surface area (Å²) >= 11 is 6.12. The Hall–Kier alpha value is -2.39. The third kappa shape index (κ3) is 3.35. The lowest BCUT2D eigenvalue weighted by Crippen LogP contribution is -2.05. The van der Waals surface area contributed by atoms with E-state index in [4.69, 9.17) is 16.3 Å². The van der Waals surface area contributed by atoms with E-state index in [0.29, 0.717) is 16.5 Å². The average molecular weight is 326 g/mol. The number of ether oxygens (including phenoxy) is 1. The zero-order chi connectivity index (χ0) is 16.4. The fourth-order valence-electron chi connectivity index (χ4n) is 2.29. The highest BCUT2D eigenvalue weighted by atomic mass is 35.5. The van der Waals surface area contributed by atoms with Crippen LogP contribution in [0.3, 0.4) is 0 Å². The Balaban J connectivity index is 1.90. The number of cyclic esters (lactones) is 1. The van der Waals surface area contributed by atoms with Crippen molar-refractivity contribution in [3.05, 3.63) is 75.9 Å². The predicted molar refractivity (Wildman–Crippen MR) is 92.6 cm³/mol. The molecule has 0 amide bonds. The van der Waals surface area contributed by atoms with Crippen molar-refractivity contribution in [1.82, 2.24) is 0 Å². The highest BCUT2D eigenvalue weighted by Gasteiger charge is 2.25. The van der Waals surface area contributed by atoms with Gasteiger partial charge in [0.05, 0.1) is 10.6 Å². The zero-order valence-corrected chi connectivity index (χ0v) is 13.7. The SMILES string of the molecule is CC(C)c1ccc(/C=C2\N=C(c3ccccc3Cl)OC2=O)cc1. The van der Waals surface area contributed by atoms with Crippen LogP contribution in [0.1, 0.15) is 36.5 Å². The van der Waals surface area contributed by atoms with Gasteiger partial charge in [0.25, 0.3) is 0 Å².